The highest BCUT2D eigenvalue weighted by molar-refractivity contribution is 5.84. The molecule has 4 nitrogen and oxygen atoms in total. The van der Waals surface area contributed by atoms with E-state index in [1.165, 1.54) is 5.56 Å². The molecule has 1 aromatic carbocycles. The summed E-state index contributed by atoms with van der Waals surface area (Å²) < 4.78 is 27.0. The van der Waals surface area contributed by atoms with E-state index in [2.05, 4.69) is 5.32 Å². The smallest absolute Gasteiger partial charge is 0.252 e. The summed E-state index contributed by atoms with van der Waals surface area (Å²) in [5.41, 5.74) is 7.32. The van der Waals surface area contributed by atoms with Gasteiger partial charge in [-0.1, -0.05) is 12.1 Å². The predicted molar refractivity (Wildman–Crippen MR) is 76.6 cm³/mol. The van der Waals surface area contributed by atoms with Gasteiger partial charge in [-0.2, -0.15) is 0 Å². The van der Waals surface area contributed by atoms with Gasteiger partial charge in [0.25, 0.3) is 5.92 Å². The van der Waals surface area contributed by atoms with Crippen LogP contribution in [0.2, 0.25) is 0 Å². The Morgan fingerprint density at radius 3 is 2.48 bits per heavy atom. The lowest BCUT2D eigenvalue weighted by Gasteiger charge is -2.39. The number of nitrogens with one attached hydrogen (secondary N) is 1. The second-order valence-corrected chi connectivity index (χ2v) is 5.87. The number of piperidine rings is 1. The Bertz CT molecular complexity index is 528. The average molecular weight is 295 g/mol. The van der Waals surface area contributed by atoms with Gasteiger partial charge in [-0.3, -0.25) is 4.79 Å². The molecule has 0 bridgehead atoms. The third-order valence-electron chi connectivity index (χ3n) is 4.39. The molecule has 1 amide bonds. The molecule has 3 N–H and O–H groups in total. The number of carbonyl (C=O) groups excluding carboxylic acids is 1. The van der Waals surface area contributed by atoms with Crippen molar-refractivity contribution in [1.82, 2.24) is 5.32 Å². The normalized spacial score (nSPS) is 25.4. The van der Waals surface area contributed by atoms with E-state index >= 15 is 0 Å². The van der Waals surface area contributed by atoms with Crippen LogP contribution < -0.4 is 16.0 Å². The minimum atomic E-state index is -2.81. The van der Waals surface area contributed by atoms with Crippen LogP contribution >= 0.6 is 0 Å². The van der Waals surface area contributed by atoms with Crippen molar-refractivity contribution in [2.24, 2.45) is 5.73 Å². The van der Waals surface area contributed by atoms with Gasteiger partial charge in [-0.05, 0) is 17.7 Å². The van der Waals surface area contributed by atoms with Crippen LogP contribution in [0.1, 0.15) is 24.3 Å². The fourth-order valence-electron chi connectivity index (χ4n) is 2.96. The number of anilines is 1. The van der Waals surface area contributed by atoms with Gasteiger partial charge in [0.15, 0.2) is 0 Å². The summed E-state index contributed by atoms with van der Waals surface area (Å²) in [7, 11) is 0. The van der Waals surface area contributed by atoms with Gasteiger partial charge in [-0.25, -0.2) is 8.78 Å². The number of carbonyl (C=O) groups is 1. The Labute approximate surface area is 122 Å². The molecular formula is C15H19F2N3O. The lowest BCUT2D eigenvalue weighted by Crippen LogP contribution is -2.53. The molecule has 0 aliphatic carbocycles. The van der Waals surface area contributed by atoms with Crippen molar-refractivity contribution in [3.63, 3.8) is 0 Å². The first-order chi connectivity index (χ1) is 9.96. The van der Waals surface area contributed by atoms with E-state index < -0.39 is 24.3 Å². The number of halogens is 2. The van der Waals surface area contributed by atoms with Gasteiger partial charge in [0, 0.05) is 44.1 Å². The Hall–Kier alpha value is -1.69. The van der Waals surface area contributed by atoms with Crippen molar-refractivity contribution in [1.29, 1.82) is 0 Å². The molecule has 2 saturated heterocycles. The predicted octanol–water partition coefficient (Wildman–Crippen LogP) is 1.46. The van der Waals surface area contributed by atoms with Crippen LogP contribution in [-0.2, 0) is 4.79 Å². The molecule has 6 heteroatoms. The summed E-state index contributed by atoms with van der Waals surface area (Å²) in [5.74, 6) is -2.98. The van der Waals surface area contributed by atoms with Gasteiger partial charge >= 0.3 is 0 Å². The van der Waals surface area contributed by atoms with Crippen LogP contribution in [0.3, 0.4) is 0 Å². The largest absolute Gasteiger partial charge is 0.368 e. The SMILES string of the molecule is NC(=O)C1CC(F)(F)CCN1c1ccc(C2CNC2)cc1. The van der Waals surface area contributed by atoms with E-state index in [-0.39, 0.29) is 13.0 Å². The molecule has 1 atom stereocenters. The summed E-state index contributed by atoms with van der Waals surface area (Å²) in [6, 6.07) is 6.86. The maximum Gasteiger partial charge on any atom is 0.252 e. The molecule has 0 radical (unpaired) electrons. The van der Waals surface area contributed by atoms with E-state index in [1.54, 1.807) is 4.90 Å². The molecule has 2 fully saturated rings. The summed E-state index contributed by atoms with van der Waals surface area (Å²) >= 11 is 0. The second kappa shape index (κ2) is 5.26. The van der Waals surface area contributed by atoms with Crippen molar-refractivity contribution >= 4 is 11.6 Å². The van der Waals surface area contributed by atoms with Crippen molar-refractivity contribution in [3.8, 4) is 0 Å². The highest BCUT2D eigenvalue weighted by Crippen LogP contribution is 2.35. The quantitative estimate of drug-likeness (QED) is 0.887. The summed E-state index contributed by atoms with van der Waals surface area (Å²) in [6.07, 6.45) is -0.748. The Morgan fingerprint density at radius 2 is 1.95 bits per heavy atom. The van der Waals surface area contributed by atoms with E-state index in [9.17, 15) is 13.6 Å². The third kappa shape index (κ3) is 2.85. The van der Waals surface area contributed by atoms with Gasteiger partial charge in [-0.15, -0.1) is 0 Å². The van der Waals surface area contributed by atoms with Crippen LogP contribution in [0.4, 0.5) is 14.5 Å². The molecule has 21 heavy (non-hydrogen) atoms. The van der Waals surface area contributed by atoms with Crippen LogP contribution in [0.15, 0.2) is 24.3 Å². The maximum absolute atomic E-state index is 13.5. The van der Waals surface area contributed by atoms with Crippen molar-refractivity contribution < 1.29 is 13.6 Å². The van der Waals surface area contributed by atoms with E-state index in [4.69, 9.17) is 5.73 Å². The van der Waals surface area contributed by atoms with E-state index in [1.807, 2.05) is 24.3 Å². The number of primary amides is 1. The molecule has 2 aliphatic rings. The molecule has 0 aromatic heterocycles. The zero-order valence-corrected chi connectivity index (χ0v) is 11.7. The summed E-state index contributed by atoms with van der Waals surface area (Å²) in [5, 5.41) is 3.21. The van der Waals surface area contributed by atoms with Crippen LogP contribution in [0.5, 0.6) is 0 Å². The van der Waals surface area contributed by atoms with Gasteiger partial charge in [0.05, 0.1) is 0 Å². The highest BCUT2D eigenvalue weighted by Gasteiger charge is 2.42. The molecule has 2 heterocycles. The van der Waals surface area contributed by atoms with Crippen molar-refractivity contribution in [3.05, 3.63) is 29.8 Å². The van der Waals surface area contributed by atoms with Gasteiger partial charge in [0.1, 0.15) is 6.04 Å². The van der Waals surface area contributed by atoms with Crippen LogP contribution in [0.25, 0.3) is 0 Å². The number of alkyl halides is 2. The molecule has 0 spiro atoms. The first-order valence-corrected chi connectivity index (χ1v) is 7.21. The molecule has 114 valence electrons. The monoisotopic (exact) mass is 295 g/mol. The van der Waals surface area contributed by atoms with Crippen molar-refractivity contribution in [2.45, 2.75) is 30.7 Å². The summed E-state index contributed by atoms with van der Waals surface area (Å²) in [6.45, 7) is 2.09. The minimum absolute atomic E-state index is 0.144. The number of benzene rings is 1. The lowest BCUT2D eigenvalue weighted by atomic mass is 9.93. The number of nitrogens with two attached hydrogens (primary N) is 1. The average Bonchev–Trinajstić information content (AvgIpc) is 2.37. The molecule has 2 aliphatic heterocycles. The summed E-state index contributed by atoms with van der Waals surface area (Å²) in [4.78, 5) is 13.2. The fraction of sp³-hybridized carbons (Fsp3) is 0.533. The van der Waals surface area contributed by atoms with E-state index in [0.717, 1.165) is 18.8 Å². The molecule has 1 unspecified atom stereocenters. The second-order valence-electron chi connectivity index (χ2n) is 5.87. The molecular weight excluding hydrogens is 276 g/mol. The Morgan fingerprint density at radius 1 is 1.29 bits per heavy atom. The standard InChI is InChI=1S/C15H19F2N3O/c16-15(17)5-6-20(13(7-15)14(18)21)12-3-1-10(2-4-12)11-8-19-9-11/h1-4,11,13,19H,5-9H2,(H2,18,21). The number of hydrogen-bond donors (Lipinski definition) is 2. The zero-order chi connectivity index (χ0) is 15.0. The van der Waals surface area contributed by atoms with Gasteiger partial charge < -0.3 is 16.0 Å². The van der Waals surface area contributed by atoms with Crippen LogP contribution in [0, 0.1) is 0 Å². The molecule has 1 aromatic rings. The molecule has 0 saturated carbocycles. The Balaban J connectivity index is 1.79. The number of amides is 1. The van der Waals surface area contributed by atoms with Crippen molar-refractivity contribution in [2.75, 3.05) is 24.5 Å². The number of nitrogens with zero attached hydrogens (tertiary/aromatic N) is 1. The first kappa shape index (κ1) is 14.3. The third-order valence-corrected chi connectivity index (χ3v) is 4.39. The Kier molecular flexibility index (Phi) is 3.57. The van der Waals surface area contributed by atoms with Crippen LogP contribution in [-0.4, -0.2) is 37.5 Å². The van der Waals surface area contributed by atoms with Gasteiger partial charge in [0.2, 0.25) is 5.91 Å². The fourth-order valence-corrected chi connectivity index (χ4v) is 2.96. The number of rotatable bonds is 3. The zero-order valence-electron chi connectivity index (χ0n) is 11.7. The topological polar surface area (TPSA) is 58.4 Å². The minimum Gasteiger partial charge on any atom is -0.368 e. The first-order valence-electron chi connectivity index (χ1n) is 7.21. The highest BCUT2D eigenvalue weighted by atomic mass is 19.3. The molecule has 3 rings (SSSR count). The number of hydrogen-bond acceptors (Lipinski definition) is 3. The maximum atomic E-state index is 13.5. The lowest BCUT2D eigenvalue weighted by molar-refractivity contribution is -0.123. The van der Waals surface area contributed by atoms with E-state index in [0.29, 0.717) is 5.92 Å².